The van der Waals surface area contributed by atoms with Gasteiger partial charge in [0.05, 0.1) is 12.0 Å². The number of hydrogen-bond acceptors (Lipinski definition) is 3. The monoisotopic (exact) mass is 242 g/mol. The Morgan fingerprint density at radius 3 is 2.76 bits per heavy atom. The molecule has 0 aromatic rings. The van der Waals surface area contributed by atoms with Crippen molar-refractivity contribution in [2.45, 2.75) is 45.1 Å². The maximum Gasteiger partial charge on any atom is 0.306 e. The van der Waals surface area contributed by atoms with Crippen LogP contribution >= 0.6 is 0 Å². The molecule has 17 heavy (non-hydrogen) atoms. The fraction of sp³-hybridized carbons (Fsp3) is 0.833. The molecule has 0 spiro atoms. The Morgan fingerprint density at radius 1 is 1.47 bits per heavy atom. The van der Waals surface area contributed by atoms with Crippen molar-refractivity contribution >= 4 is 11.9 Å². The van der Waals surface area contributed by atoms with Crippen molar-refractivity contribution in [2.75, 3.05) is 6.54 Å². The molecule has 1 rings (SSSR count). The lowest BCUT2D eigenvalue weighted by Gasteiger charge is -2.18. The minimum atomic E-state index is -0.750. The first kappa shape index (κ1) is 14.0. The van der Waals surface area contributed by atoms with E-state index >= 15 is 0 Å². The summed E-state index contributed by atoms with van der Waals surface area (Å²) in [6.07, 6.45) is 4.06. The van der Waals surface area contributed by atoms with Crippen molar-refractivity contribution in [3.05, 3.63) is 0 Å². The van der Waals surface area contributed by atoms with Crippen LogP contribution in [0.5, 0.6) is 0 Å². The lowest BCUT2D eigenvalue weighted by atomic mass is 9.96. The molecule has 1 aliphatic carbocycles. The Hall–Kier alpha value is -1.10. The predicted octanol–water partition coefficient (Wildman–Crippen LogP) is 0.731. The number of amides is 1. The summed E-state index contributed by atoms with van der Waals surface area (Å²) in [4.78, 5) is 22.5. The highest BCUT2D eigenvalue weighted by molar-refractivity contribution is 5.81. The minimum Gasteiger partial charge on any atom is -0.481 e. The smallest absolute Gasteiger partial charge is 0.306 e. The predicted molar refractivity (Wildman–Crippen MR) is 64.4 cm³/mol. The molecule has 98 valence electrons. The molecule has 1 saturated carbocycles. The largest absolute Gasteiger partial charge is 0.481 e. The first-order valence-corrected chi connectivity index (χ1v) is 6.32. The van der Waals surface area contributed by atoms with Crippen molar-refractivity contribution in [1.29, 1.82) is 0 Å². The quantitative estimate of drug-likeness (QED) is 0.640. The Labute approximate surface area is 102 Å². The average molecular weight is 242 g/mol. The average Bonchev–Trinajstić information content (AvgIpc) is 2.74. The molecule has 0 heterocycles. The van der Waals surface area contributed by atoms with Gasteiger partial charge in [-0.3, -0.25) is 9.59 Å². The summed E-state index contributed by atoms with van der Waals surface area (Å²) in [5, 5.41) is 11.8. The number of carboxylic acid groups (broad SMARTS) is 1. The van der Waals surface area contributed by atoms with Gasteiger partial charge in [0.25, 0.3) is 0 Å². The lowest BCUT2D eigenvalue weighted by Crippen LogP contribution is -2.43. The van der Waals surface area contributed by atoms with E-state index in [1.165, 1.54) is 0 Å². The summed E-state index contributed by atoms with van der Waals surface area (Å²) < 4.78 is 0. The Bertz CT molecular complexity index is 281. The third-order valence-electron chi connectivity index (χ3n) is 3.45. The van der Waals surface area contributed by atoms with Crippen LogP contribution in [-0.2, 0) is 9.59 Å². The molecule has 3 unspecified atom stereocenters. The van der Waals surface area contributed by atoms with E-state index in [2.05, 4.69) is 5.32 Å². The molecule has 0 aliphatic heterocycles. The van der Waals surface area contributed by atoms with E-state index in [1.807, 2.05) is 6.92 Å². The highest BCUT2D eigenvalue weighted by atomic mass is 16.4. The third kappa shape index (κ3) is 4.00. The van der Waals surface area contributed by atoms with Gasteiger partial charge in [-0.2, -0.15) is 0 Å². The summed E-state index contributed by atoms with van der Waals surface area (Å²) in [6, 6.07) is -0.468. The third-order valence-corrected chi connectivity index (χ3v) is 3.45. The number of aliphatic carboxylic acids is 1. The summed E-state index contributed by atoms with van der Waals surface area (Å²) >= 11 is 0. The van der Waals surface area contributed by atoms with E-state index in [0.29, 0.717) is 13.0 Å². The van der Waals surface area contributed by atoms with E-state index in [-0.39, 0.29) is 17.7 Å². The van der Waals surface area contributed by atoms with E-state index in [1.54, 1.807) is 0 Å². The zero-order chi connectivity index (χ0) is 12.8. The van der Waals surface area contributed by atoms with Crippen LogP contribution in [0.15, 0.2) is 0 Å². The van der Waals surface area contributed by atoms with Crippen molar-refractivity contribution in [2.24, 2.45) is 17.6 Å². The molecular weight excluding hydrogens is 220 g/mol. The molecule has 0 radical (unpaired) electrons. The van der Waals surface area contributed by atoms with Gasteiger partial charge in [-0.25, -0.2) is 0 Å². The van der Waals surface area contributed by atoms with Crippen molar-refractivity contribution in [1.82, 2.24) is 5.32 Å². The van der Waals surface area contributed by atoms with Gasteiger partial charge in [0.15, 0.2) is 0 Å². The van der Waals surface area contributed by atoms with Crippen molar-refractivity contribution < 1.29 is 14.7 Å². The van der Waals surface area contributed by atoms with Crippen molar-refractivity contribution in [3.63, 3.8) is 0 Å². The van der Waals surface area contributed by atoms with Gasteiger partial charge in [-0.15, -0.1) is 0 Å². The zero-order valence-electron chi connectivity index (χ0n) is 10.3. The summed E-state index contributed by atoms with van der Waals surface area (Å²) in [6.45, 7) is 2.41. The number of carboxylic acids is 1. The first-order valence-electron chi connectivity index (χ1n) is 6.32. The van der Waals surface area contributed by atoms with E-state index in [0.717, 1.165) is 25.7 Å². The second-order valence-electron chi connectivity index (χ2n) is 4.78. The summed E-state index contributed by atoms with van der Waals surface area (Å²) in [5.74, 6) is -1.16. The number of carbonyl (C=O) groups excluding carboxylic acids is 1. The fourth-order valence-corrected chi connectivity index (χ4v) is 2.41. The normalized spacial score (nSPS) is 25.5. The molecule has 1 amide bonds. The molecule has 1 fully saturated rings. The first-order chi connectivity index (χ1) is 8.06. The molecule has 5 heteroatoms. The number of hydrogen-bond donors (Lipinski definition) is 3. The lowest BCUT2D eigenvalue weighted by molar-refractivity contribution is -0.143. The van der Waals surface area contributed by atoms with Gasteiger partial charge < -0.3 is 16.2 Å². The fourth-order valence-electron chi connectivity index (χ4n) is 2.41. The van der Waals surface area contributed by atoms with Gasteiger partial charge >= 0.3 is 5.97 Å². The molecular formula is C12H22N2O3. The second-order valence-corrected chi connectivity index (χ2v) is 4.78. The van der Waals surface area contributed by atoms with Crippen molar-refractivity contribution in [3.8, 4) is 0 Å². The van der Waals surface area contributed by atoms with E-state index in [9.17, 15) is 9.59 Å². The van der Waals surface area contributed by atoms with Crippen LogP contribution < -0.4 is 11.1 Å². The second kappa shape index (κ2) is 6.59. The van der Waals surface area contributed by atoms with Crippen LogP contribution in [0.2, 0.25) is 0 Å². The highest BCUT2D eigenvalue weighted by Gasteiger charge is 2.33. The highest BCUT2D eigenvalue weighted by Crippen LogP contribution is 2.31. The topological polar surface area (TPSA) is 92.4 Å². The molecule has 3 atom stereocenters. The molecule has 5 nitrogen and oxygen atoms in total. The standard InChI is InChI=1S/C12H22N2O3/c1-2-4-10(13)11(15)14-7-8-5-3-6-9(8)12(16)17/h8-10H,2-7,13H2,1H3,(H,14,15)(H,16,17). The Morgan fingerprint density at radius 2 is 2.18 bits per heavy atom. The van der Waals surface area contributed by atoms with Crippen LogP contribution in [0.3, 0.4) is 0 Å². The van der Waals surface area contributed by atoms with Gasteiger partial charge in [-0.05, 0) is 25.2 Å². The van der Waals surface area contributed by atoms with Crippen LogP contribution in [0.1, 0.15) is 39.0 Å². The van der Waals surface area contributed by atoms with Crippen LogP contribution in [0.25, 0.3) is 0 Å². The maximum absolute atomic E-state index is 11.6. The Balaban J connectivity index is 2.34. The number of rotatable bonds is 6. The van der Waals surface area contributed by atoms with Gasteiger partial charge in [-0.1, -0.05) is 19.8 Å². The minimum absolute atomic E-state index is 0.0604. The van der Waals surface area contributed by atoms with Gasteiger partial charge in [0.1, 0.15) is 0 Å². The van der Waals surface area contributed by atoms with Crippen LogP contribution in [0, 0.1) is 11.8 Å². The Kier molecular flexibility index (Phi) is 5.41. The molecule has 0 bridgehead atoms. The number of nitrogens with two attached hydrogens (primary N) is 1. The summed E-state index contributed by atoms with van der Waals surface area (Å²) in [7, 11) is 0. The van der Waals surface area contributed by atoms with E-state index < -0.39 is 12.0 Å². The number of nitrogens with one attached hydrogen (secondary N) is 1. The molecule has 0 aromatic heterocycles. The maximum atomic E-state index is 11.6. The molecule has 0 aromatic carbocycles. The number of carbonyl (C=O) groups is 2. The zero-order valence-corrected chi connectivity index (χ0v) is 10.3. The SMILES string of the molecule is CCCC(N)C(=O)NCC1CCCC1C(=O)O. The van der Waals surface area contributed by atoms with E-state index in [4.69, 9.17) is 10.8 Å². The van der Waals surface area contributed by atoms with Gasteiger partial charge in [0, 0.05) is 6.54 Å². The molecule has 4 N–H and O–H groups in total. The van der Waals surface area contributed by atoms with Crippen LogP contribution in [0.4, 0.5) is 0 Å². The molecule has 0 saturated heterocycles. The summed E-state index contributed by atoms with van der Waals surface area (Å²) in [5.41, 5.74) is 5.68. The van der Waals surface area contributed by atoms with Gasteiger partial charge in [0.2, 0.25) is 5.91 Å². The molecule has 1 aliphatic rings. The van der Waals surface area contributed by atoms with Crippen LogP contribution in [-0.4, -0.2) is 29.6 Å².